The summed E-state index contributed by atoms with van der Waals surface area (Å²) in [7, 11) is 0. The van der Waals surface area contributed by atoms with Crippen LogP contribution in [0.3, 0.4) is 0 Å². The van der Waals surface area contributed by atoms with Gasteiger partial charge in [-0.15, -0.1) is 0 Å². The van der Waals surface area contributed by atoms with Gasteiger partial charge in [0.2, 0.25) is 0 Å². The number of carbonyl (C=O) groups is 1. The molecule has 12 heteroatoms. The van der Waals surface area contributed by atoms with E-state index in [0.29, 0.717) is 38.5 Å². The zero-order chi connectivity index (χ0) is 39.9. The highest BCUT2D eigenvalue weighted by Crippen LogP contribution is 2.76. The van der Waals surface area contributed by atoms with E-state index in [-0.39, 0.29) is 43.5 Å². The van der Waals surface area contributed by atoms with Crippen molar-refractivity contribution in [2.75, 3.05) is 19.8 Å². The molecule has 0 unspecified atom stereocenters. The molecule has 55 heavy (non-hydrogen) atoms. The van der Waals surface area contributed by atoms with E-state index in [9.17, 15) is 45.6 Å². The summed E-state index contributed by atoms with van der Waals surface area (Å²) in [4.78, 5) is 13.2. The van der Waals surface area contributed by atoms with Crippen molar-refractivity contribution in [3.63, 3.8) is 0 Å². The van der Waals surface area contributed by atoms with Crippen molar-refractivity contribution in [1.82, 2.24) is 0 Å². The first-order valence-corrected chi connectivity index (χ1v) is 20.3. The average Bonchev–Trinajstić information content (AvgIpc) is 3.15. The standard InChI is InChI=1S/C43H64O12/c1-38(23-45)17-26-25-11-12-29-39(2)18-28(53-21-24-9-7-6-8-10-24)35(55-36-34(50)33(49)27(46)22-54-36)42(5,32(48)20-44)30(39)13-14-41(29,4)40(25,3)15-16-43(26,37(51)52)31(47)19-38/h6-11,26-36,44-50H,12-23H2,1-5H3,(H,51,52)/t26-,27+,28+,29+,30-,31+,32+,33-,34+,35+,36-,38+,39+,40+,41+,42+,43-/m0/s1. The second-order valence-electron chi connectivity index (χ2n) is 19.5. The number of hydrogen-bond acceptors (Lipinski definition) is 11. The van der Waals surface area contributed by atoms with Gasteiger partial charge in [0, 0.05) is 12.0 Å². The Morgan fingerprint density at radius 1 is 0.927 bits per heavy atom. The van der Waals surface area contributed by atoms with Crippen LogP contribution in [0.4, 0.5) is 0 Å². The maximum absolute atomic E-state index is 13.2. The number of benzene rings is 1. The van der Waals surface area contributed by atoms with Gasteiger partial charge in [-0.25, -0.2) is 0 Å². The summed E-state index contributed by atoms with van der Waals surface area (Å²) >= 11 is 0. The first-order chi connectivity index (χ1) is 25.9. The molecule has 0 radical (unpaired) electrons. The smallest absolute Gasteiger partial charge is 0.312 e. The summed E-state index contributed by atoms with van der Waals surface area (Å²) in [5.41, 5.74) is -2.28. The van der Waals surface area contributed by atoms with Gasteiger partial charge in [0.1, 0.15) is 23.7 Å². The molecule has 0 bridgehead atoms. The molecule has 308 valence electrons. The zero-order valence-corrected chi connectivity index (χ0v) is 33.0. The molecule has 7 rings (SSSR count). The van der Waals surface area contributed by atoms with Gasteiger partial charge in [0.15, 0.2) is 6.29 Å². The molecule has 0 spiro atoms. The van der Waals surface area contributed by atoms with Gasteiger partial charge < -0.3 is 55.1 Å². The molecule has 5 aliphatic carbocycles. The number of fused-ring (bicyclic) bond motifs is 7. The van der Waals surface area contributed by atoms with E-state index in [4.69, 9.17) is 14.2 Å². The van der Waals surface area contributed by atoms with E-state index in [1.165, 1.54) is 0 Å². The molecule has 5 fully saturated rings. The molecule has 1 aromatic rings. The number of aliphatic hydroxyl groups is 7. The lowest BCUT2D eigenvalue weighted by atomic mass is 9.33. The molecule has 6 aliphatic rings. The molecule has 1 saturated heterocycles. The maximum atomic E-state index is 13.2. The van der Waals surface area contributed by atoms with Crippen LogP contribution < -0.4 is 0 Å². The predicted octanol–water partition coefficient (Wildman–Crippen LogP) is 3.17. The van der Waals surface area contributed by atoms with Gasteiger partial charge in [-0.3, -0.25) is 4.79 Å². The Bertz CT molecular complexity index is 1610. The Kier molecular flexibility index (Phi) is 10.8. The maximum Gasteiger partial charge on any atom is 0.312 e. The van der Waals surface area contributed by atoms with E-state index in [1.807, 2.05) is 44.2 Å². The van der Waals surface area contributed by atoms with Crippen LogP contribution in [0.25, 0.3) is 0 Å². The summed E-state index contributed by atoms with van der Waals surface area (Å²) in [6.45, 7) is 10.1. The number of aliphatic carboxylic acids is 1. The lowest BCUT2D eigenvalue weighted by Crippen LogP contribution is -2.71. The molecule has 1 aliphatic heterocycles. The van der Waals surface area contributed by atoms with Gasteiger partial charge >= 0.3 is 5.97 Å². The van der Waals surface area contributed by atoms with Gasteiger partial charge in [0.25, 0.3) is 0 Å². The van der Waals surface area contributed by atoms with Crippen LogP contribution in [0.5, 0.6) is 0 Å². The molecule has 1 heterocycles. The molecule has 0 amide bonds. The van der Waals surface area contributed by atoms with Gasteiger partial charge in [-0.05, 0) is 96.3 Å². The predicted molar refractivity (Wildman–Crippen MR) is 200 cm³/mol. The van der Waals surface area contributed by atoms with E-state index in [1.54, 1.807) is 0 Å². The van der Waals surface area contributed by atoms with Crippen molar-refractivity contribution >= 4 is 5.97 Å². The first kappa shape index (κ1) is 41.2. The van der Waals surface area contributed by atoms with Crippen LogP contribution in [0.15, 0.2) is 42.0 Å². The quantitative estimate of drug-likeness (QED) is 0.135. The normalized spacial score (nSPS) is 50.1. The highest BCUT2D eigenvalue weighted by atomic mass is 16.7. The minimum absolute atomic E-state index is 0.0463. The first-order valence-electron chi connectivity index (χ1n) is 20.3. The van der Waals surface area contributed by atoms with Gasteiger partial charge in [-0.1, -0.05) is 76.6 Å². The van der Waals surface area contributed by atoms with Crippen LogP contribution in [0.2, 0.25) is 0 Å². The number of carboxylic acid groups (broad SMARTS) is 1. The number of hydrogen-bond donors (Lipinski definition) is 8. The lowest BCUT2D eigenvalue weighted by molar-refractivity contribution is -0.340. The second kappa shape index (κ2) is 14.4. The fraction of sp³-hybridized carbons (Fsp3) is 0.791. The molecule has 12 nitrogen and oxygen atoms in total. The molecule has 0 aromatic heterocycles. The van der Waals surface area contributed by atoms with Crippen molar-refractivity contribution in [3.05, 3.63) is 47.5 Å². The molecule has 17 atom stereocenters. The number of aliphatic hydroxyl groups excluding tert-OH is 7. The average molecular weight is 773 g/mol. The van der Waals surface area contributed by atoms with Crippen LogP contribution in [0.1, 0.15) is 91.5 Å². The largest absolute Gasteiger partial charge is 0.481 e. The van der Waals surface area contributed by atoms with Crippen molar-refractivity contribution < 1.29 is 59.9 Å². The fourth-order valence-corrected chi connectivity index (χ4v) is 13.5. The van der Waals surface area contributed by atoms with Crippen molar-refractivity contribution in [2.24, 2.45) is 50.2 Å². The van der Waals surface area contributed by atoms with Crippen molar-refractivity contribution in [1.29, 1.82) is 0 Å². The van der Waals surface area contributed by atoms with Gasteiger partial charge in [0.05, 0.1) is 44.2 Å². The molecular weight excluding hydrogens is 708 g/mol. The summed E-state index contributed by atoms with van der Waals surface area (Å²) in [5.74, 6) is -1.57. The Labute approximate surface area is 324 Å². The van der Waals surface area contributed by atoms with E-state index in [0.717, 1.165) is 17.6 Å². The highest BCUT2D eigenvalue weighted by molar-refractivity contribution is 5.77. The van der Waals surface area contributed by atoms with Crippen LogP contribution >= 0.6 is 0 Å². The van der Waals surface area contributed by atoms with E-state index in [2.05, 4.69) is 26.8 Å². The third-order valence-corrected chi connectivity index (χ3v) is 16.9. The topological polar surface area (TPSA) is 207 Å². The Hall–Kier alpha value is -1.97. The highest BCUT2D eigenvalue weighted by Gasteiger charge is 2.73. The summed E-state index contributed by atoms with van der Waals surface area (Å²) in [6, 6.07) is 9.72. The summed E-state index contributed by atoms with van der Waals surface area (Å²) in [5, 5.41) is 87.4. The Balaban J connectivity index is 1.31. The molecule has 4 saturated carbocycles. The third kappa shape index (κ3) is 6.02. The summed E-state index contributed by atoms with van der Waals surface area (Å²) < 4.78 is 19.2. The number of carboxylic acids is 1. The minimum Gasteiger partial charge on any atom is -0.481 e. The number of ether oxygens (including phenoxy) is 3. The van der Waals surface area contributed by atoms with E-state index >= 15 is 0 Å². The van der Waals surface area contributed by atoms with Crippen LogP contribution in [-0.2, 0) is 25.6 Å². The lowest BCUT2D eigenvalue weighted by Gasteiger charge is -2.72. The minimum atomic E-state index is -1.56. The van der Waals surface area contributed by atoms with Crippen molar-refractivity contribution in [3.8, 4) is 0 Å². The number of allylic oxidation sites excluding steroid dienone is 2. The van der Waals surface area contributed by atoms with Gasteiger partial charge in [-0.2, -0.15) is 0 Å². The van der Waals surface area contributed by atoms with Crippen LogP contribution in [0, 0.1) is 50.2 Å². The molecule has 8 N–H and O–H groups in total. The third-order valence-electron chi connectivity index (χ3n) is 16.9. The SMILES string of the molecule is C[C@]1(CO)C[C@@H](O)[C@]2(C(=O)O)CC[C@]3(C)C(=CC[C@@H]4[C@@]5(C)C[C@@H](OCc6ccccc6)[C@@H](O[C@@H]6OC[C@@H](O)[C@H](O)[C@H]6O)[C@@](C)([C@H](O)CO)[C@H]5CC[C@]43C)[C@@H]2C1. The zero-order valence-electron chi connectivity index (χ0n) is 33.0. The van der Waals surface area contributed by atoms with Crippen LogP contribution in [-0.4, -0.2) is 116 Å². The molecule has 1 aromatic carbocycles. The molecular formula is C43H64O12. The second-order valence-corrected chi connectivity index (χ2v) is 19.5. The summed E-state index contributed by atoms with van der Waals surface area (Å²) in [6.07, 6.45) is -3.10. The number of rotatable bonds is 9. The van der Waals surface area contributed by atoms with E-state index < -0.39 is 94.6 Å². The monoisotopic (exact) mass is 772 g/mol. The Morgan fingerprint density at radius 3 is 2.29 bits per heavy atom. The van der Waals surface area contributed by atoms with Crippen molar-refractivity contribution in [2.45, 2.75) is 142 Å². The fourth-order valence-electron chi connectivity index (χ4n) is 13.5. The Morgan fingerprint density at radius 2 is 1.64 bits per heavy atom.